The van der Waals surface area contributed by atoms with E-state index >= 15 is 0 Å². The molecule has 0 saturated heterocycles. The summed E-state index contributed by atoms with van der Waals surface area (Å²) in [4.78, 5) is 0. The minimum atomic E-state index is 0. The molecule has 0 aliphatic rings. The van der Waals surface area contributed by atoms with Gasteiger partial charge in [0.05, 0.1) is 0 Å². The van der Waals surface area contributed by atoms with Gasteiger partial charge in [0, 0.05) is 34.1 Å². The van der Waals surface area contributed by atoms with Crippen molar-refractivity contribution in [2.45, 2.75) is 0 Å². The summed E-state index contributed by atoms with van der Waals surface area (Å²) in [6, 6.07) is 0. The summed E-state index contributed by atoms with van der Waals surface area (Å²) in [5.41, 5.74) is 0. The van der Waals surface area contributed by atoms with Crippen molar-refractivity contribution in [1.82, 2.24) is 0 Å². The van der Waals surface area contributed by atoms with E-state index in [0.717, 1.165) is 0 Å². The van der Waals surface area contributed by atoms with E-state index < -0.39 is 0 Å². The van der Waals surface area contributed by atoms with Crippen molar-refractivity contribution >= 4 is 0 Å². The fourth-order valence-corrected chi connectivity index (χ4v) is 0. The van der Waals surface area contributed by atoms with Crippen molar-refractivity contribution < 1.29 is 56.1 Å². The summed E-state index contributed by atoms with van der Waals surface area (Å²) < 4.78 is 0. The predicted octanol–water partition coefficient (Wildman–Crippen LogP) is -0.126. The van der Waals surface area contributed by atoms with Crippen LogP contribution in [0, 0.1) is 0 Å². The molecule has 0 aliphatic carbocycles. The molecule has 1 nitrogen and oxygen atoms in total. The Morgan fingerprint density at radius 2 is 1.00 bits per heavy atom. The maximum Gasteiger partial charge on any atom is 2.00 e. The summed E-state index contributed by atoms with van der Waals surface area (Å²) in [5, 5.41) is 0. The molecule has 0 saturated carbocycles. The first-order chi connectivity index (χ1) is 0. The average Bonchev–Trinajstić information content (AvgIpc) is 0. The molecular weight excluding hydrogens is 193 g/mol. The third-order valence-corrected chi connectivity index (χ3v) is 0. The second-order valence-corrected chi connectivity index (χ2v) is 0. The van der Waals surface area contributed by atoms with Crippen molar-refractivity contribution in [3.8, 4) is 0 Å². The molecule has 0 N–H and O–H groups in total. The maximum absolute atomic E-state index is 0. The van der Waals surface area contributed by atoms with E-state index in [1.165, 1.54) is 0 Å². The molecule has 0 fully saturated rings. The van der Waals surface area contributed by atoms with Crippen LogP contribution in [0.2, 0.25) is 0 Å². The summed E-state index contributed by atoms with van der Waals surface area (Å²) in [6.45, 7) is 0. The van der Waals surface area contributed by atoms with Crippen LogP contribution in [-0.4, -0.2) is 0 Å². The van der Waals surface area contributed by atoms with Crippen LogP contribution in [0.15, 0.2) is 0 Å². The van der Waals surface area contributed by atoms with Gasteiger partial charge in [-0.15, -0.1) is 0 Å². The molecule has 0 unspecified atom stereocenters. The summed E-state index contributed by atoms with van der Waals surface area (Å²) >= 11 is 0. The summed E-state index contributed by atoms with van der Waals surface area (Å²) in [5.74, 6) is 0. The zero-order valence-electron chi connectivity index (χ0n) is 1.40. The first-order valence-electron chi connectivity index (χ1n) is 0. The van der Waals surface area contributed by atoms with Crippen LogP contribution in [0.4, 0.5) is 0 Å². The van der Waals surface area contributed by atoms with E-state index in [-0.39, 0.29) is 56.1 Å². The monoisotopic (exact) mass is 192 g/mol. The van der Waals surface area contributed by atoms with Gasteiger partial charge in [0.15, 0.2) is 0 Å². The van der Waals surface area contributed by atoms with Gasteiger partial charge < -0.3 is 5.48 Å². The second kappa shape index (κ2) is 24.6. The number of rotatable bonds is 0. The van der Waals surface area contributed by atoms with Crippen LogP contribution in [0.3, 0.4) is 0 Å². The van der Waals surface area contributed by atoms with Gasteiger partial charge in [-0.3, -0.25) is 0 Å². The van der Waals surface area contributed by atoms with Gasteiger partial charge in [-0.1, -0.05) is 0 Å². The smallest absolute Gasteiger partial charge is 2.00 e. The summed E-state index contributed by atoms with van der Waals surface area (Å²) in [7, 11) is 0. The Hall–Kier alpha value is 1.49. The van der Waals surface area contributed by atoms with E-state index in [1.807, 2.05) is 0 Å². The molecule has 0 aromatic carbocycles. The molecule has 4 heteroatoms. The molecule has 0 aliphatic heterocycles. The number of hydrogen-bond acceptors (Lipinski definition) is 0. The van der Waals surface area contributed by atoms with Crippen molar-refractivity contribution in [1.29, 1.82) is 0 Å². The predicted molar refractivity (Wildman–Crippen MR) is 0.686 cm³/mol. The van der Waals surface area contributed by atoms with Gasteiger partial charge in [0.2, 0.25) is 0 Å². The summed E-state index contributed by atoms with van der Waals surface area (Å²) in [6.07, 6.45) is 0. The molecule has 0 heterocycles. The van der Waals surface area contributed by atoms with E-state index in [1.54, 1.807) is 0 Å². The van der Waals surface area contributed by atoms with Gasteiger partial charge >= 0.3 is 16.5 Å². The van der Waals surface area contributed by atoms with Crippen LogP contribution in [0.5, 0.6) is 0 Å². The molecule has 0 bridgehead atoms. The van der Waals surface area contributed by atoms with Gasteiger partial charge in [-0.05, 0) is 0 Å². The van der Waals surface area contributed by atoms with E-state index in [9.17, 15) is 0 Å². The van der Waals surface area contributed by atoms with E-state index in [4.69, 9.17) is 0 Å². The van der Waals surface area contributed by atoms with Gasteiger partial charge in [-0.25, -0.2) is 0 Å². The standard InChI is InChI=1S/Cu.Mn.Ni.O/q;;+2;-2. The van der Waals surface area contributed by atoms with Crippen LogP contribution < -0.4 is 0 Å². The average molecular weight is 193 g/mol. The second-order valence-electron chi connectivity index (χ2n) is 0. The molecular formula is CuMnNiO. The van der Waals surface area contributed by atoms with Crippen molar-refractivity contribution in [3.63, 3.8) is 0 Å². The molecule has 0 atom stereocenters. The van der Waals surface area contributed by atoms with Crippen molar-refractivity contribution in [2.75, 3.05) is 0 Å². The first kappa shape index (κ1) is 49.8. The molecule has 0 amide bonds. The minimum absolute atomic E-state index is 0. The Balaban J connectivity index is 0. The van der Waals surface area contributed by atoms with Gasteiger partial charge in [-0.2, -0.15) is 0 Å². The quantitative estimate of drug-likeness (QED) is 0.480. The Morgan fingerprint density at radius 1 is 1.00 bits per heavy atom. The van der Waals surface area contributed by atoms with Gasteiger partial charge in [0.1, 0.15) is 0 Å². The fourth-order valence-electron chi connectivity index (χ4n) is 0. The molecule has 34 valence electrons. The van der Waals surface area contributed by atoms with Crippen molar-refractivity contribution in [2.24, 2.45) is 0 Å². The molecule has 0 aromatic heterocycles. The minimum Gasteiger partial charge on any atom is -2.00 e. The Labute approximate surface area is 56.1 Å². The first-order valence-corrected chi connectivity index (χ1v) is 0. The van der Waals surface area contributed by atoms with E-state index in [2.05, 4.69) is 0 Å². The Morgan fingerprint density at radius 3 is 1.00 bits per heavy atom. The molecule has 0 spiro atoms. The van der Waals surface area contributed by atoms with E-state index in [0.29, 0.717) is 0 Å². The third-order valence-electron chi connectivity index (χ3n) is 0. The maximum atomic E-state index is 0. The third kappa shape index (κ3) is 9.74. The van der Waals surface area contributed by atoms with Gasteiger partial charge in [0.25, 0.3) is 0 Å². The van der Waals surface area contributed by atoms with Crippen LogP contribution >= 0.6 is 0 Å². The zero-order chi connectivity index (χ0) is 0. The Kier molecular flexibility index (Phi) is 306. The largest absolute Gasteiger partial charge is 2.00 e. The van der Waals surface area contributed by atoms with Crippen LogP contribution in [0.25, 0.3) is 0 Å². The van der Waals surface area contributed by atoms with Crippen molar-refractivity contribution in [3.05, 3.63) is 0 Å². The SMILES string of the molecule is [Cu].[Mn].[Ni+2].[O-2]. The zero-order valence-corrected chi connectivity index (χ0v) is 4.51. The topological polar surface area (TPSA) is 28.5 Å². The Bertz CT molecular complexity index is 8.00. The van der Waals surface area contributed by atoms with Crippen LogP contribution in [-0.2, 0) is 56.1 Å². The number of hydrogen-bond donors (Lipinski definition) is 0. The molecule has 4 heavy (non-hydrogen) atoms. The molecule has 0 aromatic rings. The molecule has 2 radical (unpaired) electrons. The normalized spacial score (nSPS) is 0. The van der Waals surface area contributed by atoms with Crippen LogP contribution in [0.1, 0.15) is 0 Å². The molecule has 0 rings (SSSR count). The fraction of sp³-hybridized carbons (Fsp3) is 0.